The molecule has 2 aromatic rings. The largest absolute Gasteiger partial charge is 0.392 e. The van der Waals surface area contributed by atoms with E-state index in [4.69, 9.17) is 5.11 Å². The zero-order valence-corrected chi connectivity index (χ0v) is 8.30. The van der Waals surface area contributed by atoms with Crippen molar-refractivity contribution in [3.8, 4) is 11.4 Å². The zero-order chi connectivity index (χ0) is 11.4. The second-order valence-corrected chi connectivity index (χ2v) is 3.07. The smallest absolute Gasteiger partial charge is 0.214 e. The third-order valence-corrected chi connectivity index (χ3v) is 2.05. The van der Waals surface area contributed by atoms with Crippen LogP contribution in [0.1, 0.15) is 5.56 Å². The summed E-state index contributed by atoms with van der Waals surface area (Å²) < 4.78 is 17.9. The molecule has 16 heavy (non-hydrogen) atoms. The van der Waals surface area contributed by atoms with Gasteiger partial charge in [-0.05, 0) is 6.08 Å². The minimum atomic E-state index is -0.456. The predicted octanol–water partition coefficient (Wildman–Crippen LogP) is 2.04. The monoisotopic (exact) mass is 220 g/mol. The van der Waals surface area contributed by atoms with Gasteiger partial charge >= 0.3 is 0 Å². The van der Waals surface area contributed by atoms with E-state index in [2.05, 4.69) is 14.7 Å². The highest BCUT2D eigenvalue weighted by Crippen LogP contribution is 2.20. The maximum Gasteiger partial charge on any atom is 0.214 e. The van der Waals surface area contributed by atoms with Crippen LogP contribution < -0.4 is 0 Å². The molecular weight excluding hydrogens is 211 g/mol. The van der Waals surface area contributed by atoms with E-state index < -0.39 is 5.83 Å². The van der Waals surface area contributed by atoms with Crippen molar-refractivity contribution in [2.45, 2.75) is 0 Å². The Morgan fingerprint density at radius 1 is 1.38 bits per heavy atom. The minimum Gasteiger partial charge on any atom is -0.392 e. The molecule has 0 saturated carbocycles. The highest BCUT2D eigenvalue weighted by atomic mass is 19.1. The zero-order valence-electron chi connectivity index (χ0n) is 8.30. The quantitative estimate of drug-likeness (QED) is 0.859. The second-order valence-electron chi connectivity index (χ2n) is 3.07. The maximum absolute atomic E-state index is 13.3. The van der Waals surface area contributed by atoms with Crippen LogP contribution >= 0.6 is 0 Å². The Kier molecular flexibility index (Phi) is 3.07. The summed E-state index contributed by atoms with van der Waals surface area (Å²) in [6.45, 7) is -0.321. The van der Waals surface area contributed by atoms with Crippen LogP contribution in [-0.4, -0.2) is 21.9 Å². The Balaban J connectivity index is 2.26. The van der Waals surface area contributed by atoms with Crippen LogP contribution in [0.2, 0.25) is 0 Å². The lowest BCUT2D eigenvalue weighted by Crippen LogP contribution is -1.84. The normalized spacial score (nSPS) is 11.8. The number of nitrogens with zero attached hydrogens (tertiary/aromatic N) is 2. The summed E-state index contributed by atoms with van der Waals surface area (Å²) in [5.41, 5.74) is 1.15. The van der Waals surface area contributed by atoms with Crippen LogP contribution in [0.25, 0.3) is 17.2 Å². The van der Waals surface area contributed by atoms with Crippen LogP contribution in [0.3, 0.4) is 0 Å². The first-order valence-electron chi connectivity index (χ1n) is 4.65. The standard InChI is InChI=1S/C11H9FN2O2/c12-10(5-6-15)8-1-3-9(4-2-8)11-13-7-16-14-11/h1-5,7,15H,6H2. The first-order valence-corrected chi connectivity index (χ1v) is 4.65. The van der Waals surface area contributed by atoms with Gasteiger partial charge in [0.25, 0.3) is 0 Å². The highest BCUT2D eigenvalue weighted by Gasteiger charge is 2.04. The summed E-state index contributed by atoms with van der Waals surface area (Å²) in [5.74, 6) is 0.000239. The molecule has 1 heterocycles. The molecule has 0 atom stereocenters. The number of hydrogen-bond acceptors (Lipinski definition) is 4. The highest BCUT2D eigenvalue weighted by molar-refractivity contribution is 5.63. The van der Waals surface area contributed by atoms with E-state index >= 15 is 0 Å². The topological polar surface area (TPSA) is 59.2 Å². The van der Waals surface area contributed by atoms with Crippen molar-refractivity contribution in [2.24, 2.45) is 0 Å². The lowest BCUT2D eigenvalue weighted by atomic mass is 10.1. The number of aliphatic hydroxyl groups is 1. The van der Waals surface area contributed by atoms with Gasteiger partial charge in [-0.1, -0.05) is 29.4 Å². The molecule has 0 bridgehead atoms. The molecule has 2 rings (SSSR count). The number of aromatic nitrogens is 2. The lowest BCUT2D eigenvalue weighted by Gasteiger charge is -1.98. The van der Waals surface area contributed by atoms with Crippen molar-refractivity contribution in [2.75, 3.05) is 6.61 Å². The summed E-state index contributed by atoms with van der Waals surface area (Å²) in [7, 11) is 0. The molecule has 5 heteroatoms. The first-order chi connectivity index (χ1) is 7.81. The van der Waals surface area contributed by atoms with E-state index in [-0.39, 0.29) is 6.61 Å². The van der Waals surface area contributed by atoms with Gasteiger partial charge < -0.3 is 9.63 Å². The summed E-state index contributed by atoms with van der Waals surface area (Å²) in [6, 6.07) is 6.55. The van der Waals surface area contributed by atoms with Gasteiger partial charge in [-0.25, -0.2) is 4.39 Å². The molecule has 0 spiro atoms. The van der Waals surface area contributed by atoms with Crippen molar-refractivity contribution in [3.05, 3.63) is 42.3 Å². The van der Waals surface area contributed by atoms with Crippen molar-refractivity contribution < 1.29 is 14.0 Å². The van der Waals surface area contributed by atoms with E-state index in [0.717, 1.165) is 11.6 Å². The number of benzene rings is 1. The molecule has 82 valence electrons. The lowest BCUT2D eigenvalue weighted by molar-refractivity contribution is 0.342. The molecular formula is C11H9FN2O2. The van der Waals surface area contributed by atoms with Gasteiger partial charge in [-0.15, -0.1) is 0 Å². The average molecular weight is 220 g/mol. The molecule has 0 aliphatic carbocycles. The summed E-state index contributed by atoms with van der Waals surface area (Å²) in [5, 5.41) is 12.2. The van der Waals surface area contributed by atoms with Gasteiger partial charge in [0.1, 0.15) is 5.83 Å². The van der Waals surface area contributed by atoms with E-state index in [1.54, 1.807) is 24.3 Å². The Morgan fingerprint density at radius 3 is 2.69 bits per heavy atom. The van der Waals surface area contributed by atoms with Crippen molar-refractivity contribution in [3.63, 3.8) is 0 Å². The predicted molar refractivity (Wildman–Crippen MR) is 55.9 cm³/mol. The van der Waals surface area contributed by atoms with Crippen LogP contribution in [0.5, 0.6) is 0 Å². The Hall–Kier alpha value is -2.01. The third-order valence-electron chi connectivity index (χ3n) is 2.05. The molecule has 1 N–H and O–H groups in total. The van der Waals surface area contributed by atoms with Crippen LogP contribution in [0.4, 0.5) is 4.39 Å². The molecule has 0 aliphatic heterocycles. The fourth-order valence-corrected chi connectivity index (χ4v) is 1.27. The molecule has 0 radical (unpaired) electrons. The molecule has 0 fully saturated rings. The number of halogens is 1. The van der Waals surface area contributed by atoms with E-state index in [9.17, 15) is 4.39 Å². The maximum atomic E-state index is 13.3. The fraction of sp³-hybridized carbons (Fsp3) is 0.0909. The van der Waals surface area contributed by atoms with Gasteiger partial charge in [-0.3, -0.25) is 0 Å². The molecule has 0 aliphatic rings. The molecule has 0 amide bonds. The summed E-state index contributed by atoms with van der Waals surface area (Å²) >= 11 is 0. The summed E-state index contributed by atoms with van der Waals surface area (Å²) in [4.78, 5) is 3.87. The van der Waals surface area contributed by atoms with Gasteiger partial charge in [-0.2, -0.15) is 4.98 Å². The molecule has 1 aromatic heterocycles. The number of hydrogen-bond donors (Lipinski definition) is 1. The second kappa shape index (κ2) is 4.67. The third kappa shape index (κ3) is 2.14. The molecule has 1 aromatic carbocycles. The first kappa shape index (κ1) is 10.5. The van der Waals surface area contributed by atoms with Gasteiger partial charge in [0.05, 0.1) is 6.61 Å². The van der Waals surface area contributed by atoms with Crippen LogP contribution in [0.15, 0.2) is 41.3 Å². The molecule has 4 nitrogen and oxygen atoms in total. The Morgan fingerprint density at radius 2 is 2.12 bits per heavy atom. The van der Waals surface area contributed by atoms with Gasteiger partial charge in [0, 0.05) is 11.1 Å². The van der Waals surface area contributed by atoms with Crippen molar-refractivity contribution in [1.29, 1.82) is 0 Å². The van der Waals surface area contributed by atoms with E-state index in [1.165, 1.54) is 6.39 Å². The van der Waals surface area contributed by atoms with Gasteiger partial charge in [0.2, 0.25) is 12.2 Å². The fourth-order valence-electron chi connectivity index (χ4n) is 1.27. The van der Waals surface area contributed by atoms with Crippen LogP contribution in [0, 0.1) is 0 Å². The van der Waals surface area contributed by atoms with E-state index in [1.807, 2.05) is 0 Å². The minimum absolute atomic E-state index is 0.321. The summed E-state index contributed by atoms with van der Waals surface area (Å²) in [6.07, 6.45) is 2.33. The molecule has 0 unspecified atom stereocenters. The Labute approximate surface area is 91.0 Å². The SMILES string of the molecule is OCC=C(F)c1ccc(-c2ncon2)cc1. The van der Waals surface area contributed by atoms with E-state index in [0.29, 0.717) is 11.4 Å². The number of aliphatic hydroxyl groups excluding tert-OH is 1. The van der Waals surface area contributed by atoms with Crippen molar-refractivity contribution >= 4 is 5.83 Å². The Bertz CT molecular complexity index is 477. The average Bonchev–Trinajstić information content (AvgIpc) is 2.83. The van der Waals surface area contributed by atoms with Crippen LogP contribution in [-0.2, 0) is 0 Å². The molecule has 0 saturated heterocycles. The number of rotatable bonds is 3. The van der Waals surface area contributed by atoms with Gasteiger partial charge in [0.15, 0.2) is 0 Å². The van der Waals surface area contributed by atoms with Crippen molar-refractivity contribution in [1.82, 2.24) is 10.1 Å².